The number of ether oxygens (including phenoxy) is 2. The lowest BCUT2D eigenvalue weighted by Gasteiger charge is -2.35. The largest absolute Gasteiger partial charge is 0.461 e. The first-order valence-corrected chi connectivity index (χ1v) is 8.07. The van der Waals surface area contributed by atoms with Gasteiger partial charge in [0.2, 0.25) is 11.6 Å². The SMILES string of the molecule is CCOC(=O)c1nnn(-c2nonc2N)c1CN1C[C@@H](C)O[C@H](C)C1. The molecule has 0 aromatic carbocycles. The molecule has 136 valence electrons. The van der Waals surface area contributed by atoms with Crippen molar-refractivity contribution in [2.24, 2.45) is 0 Å². The zero-order valence-corrected chi connectivity index (χ0v) is 14.4. The van der Waals surface area contributed by atoms with Crippen molar-refractivity contribution in [2.75, 3.05) is 25.4 Å². The first kappa shape index (κ1) is 17.3. The zero-order valence-electron chi connectivity index (χ0n) is 14.4. The van der Waals surface area contributed by atoms with E-state index in [1.807, 2.05) is 13.8 Å². The smallest absolute Gasteiger partial charge is 0.360 e. The van der Waals surface area contributed by atoms with Crippen molar-refractivity contribution < 1.29 is 18.9 Å². The second kappa shape index (κ2) is 7.15. The van der Waals surface area contributed by atoms with Gasteiger partial charge in [-0.15, -0.1) is 5.10 Å². The quantitative estimate of drug-likeness (QED) is 0.734. The van der Waals surface area contributed by atoms with E-state index in [1.54, 1.807) is 6.92 Å². The van der Waals surface area contributed by atoms with Gasteiger partial charge in [-0.3, -0.25) is 4.90 Å². The fourth-order valence-electron chi connectivity index (χ4n) is 2.93. The summed E-state index contributed by atoms with van der Waals surface area (Å²) in [4.78, 5) is 14.4. The van der Waals surface area contributed by atoms with Crippen molar-refractivity contribution in [2.45, 2.75) is 39.5 Å². The summed E-state index contributed by atoms with van der Waals surface area (Å²) in [5.74, 6) is -0.300. The predicted molar refractivity (Wildman–Crippen MR) is 84.9 cm³/mol. The molecule has 1 aliphatic heterocycles. The van der Waals surface area contributed by atoms with Gasteiger partial charge in [0.15, 0.2) is 5.69 Å². The molecule has 1 aliphatic rings. The highest BCUT2D eigenvalue weighted by Gasteiger charge is 2.29. The van der Waals surface area contributed by atoms with E-state index in [0.29, 0.717) is 25.3 Å². The molecule has 11 heteroatoms. The first-order valence-electron chi connectivity index (χ1n) is 8.07. The van der Waals surface area contributed by atoms with Gasteiger partial charge in [-0.1, -0.05) is 5.21 Å². The van der Waals surface area contributed by atoms with Gasteiger partial charge in [0, 0.05) is 19.6 Å². The molecule has 2 aromatic rings. The van der Waals surface area contributed by atoms with E-state index in [9.17, 15) is 4.79 Å². The summed E-state index contributed by atoms with van der Waals surface area (Å²) in [6, 6.07) is 0. The summed E-state index contributed by atoms with van der Waals surface area (Å²) in [5.41, 5.74) is 6.39. The van der Waals surface area contributed by atoms with Gasteiger partial charge in [0.05, 0.1) is 24.5 Å². The van der Waals surface area contributed by atoms with Crippen LogP contribution in [0, 0.1) is 0 Å². The third-order valence-corrected chi connectivity index (χ3v) is 3.80. The molecule has 2 N–H and O–H groups in total. The van der Waals surface area contributed by atoms with Crippen LogP contribution in [0.1, 0.15) is 37.0 Å². The average molecular weight is 351 g/mol. The van der Waals surface area contributed by atoms with Crippen LogP contribution in [-0.4, -0.2) is 68.1 Å². The van der Waals surface area contributed by atoms with E-state index in [4.69, 9.17) is 15.2 Å². The Labute approximate surface area is 144 Å². The monoisotopic (exact) mass is 351 g/mol. The van der Waals surface area contributed by atoms with Gasteiger partial charge < -0.3 is 15.2 Å². The third kappa shape index (κ3) is 3.61. The molecule has 0 aliphatic carbocycles. The molecule has 2 aromatic heterocycles. The Balaban J connectivity index is 1.95. The summed E-state index contributed by atoms with van der Waals surface area (Å²) in [6.45, 7) is 7.81. The number of nitrogens with two attached hydrogens (primary N) is 1. The molecular formula is C14H21N7O4. The highest BCUT2D eigenvalue weighted by Crippen LogP contribution is 2.20. The normalized spacial score (nSPS) is 21.4. The van der Waals surface area contributed by atoms with Crippen molar-refractivity contribution in [1.82, 2.24) is 30.2 Å². The number of carbonyl (C=O) groups excluding carboxylic acids is 1. The Morgan fingerprint density at radius 2 is 2.04 bits per heavy atom. The number of rotatable bonds is 5. The number of morpholine rings is 1. The number of anilines is 1. The lowest BCUT2D eigenvalue weighted by atomic mass is 10.2. The average Bonchev–Trinajstić information content (AvgIpc) is 3.12. The molecule has 2 atom stereocenters. The molecule has 1 fully saturated rings. The van der Waals surface area contributed by atoms with Gasteiger partial charge >= 0.3 is 5.97 Å². The molecule has 11 nitrogen and oxygen atoms in total. The molecular weight excluding hydrogens is 330 g/mol. The van der Waals surface area contributed by atoms with Crippen molar-refractivity contribution in [1.29, 1.82) is 0 Å². The van der Waals surface area contributed by atoms with Crippen LogP contribution < -0.4 is 5.73 Å². The van der Waals surface area contributed by atoms with Gasteiger partial charge in [0.1, 0.15) is 0 Å². The van der Waals surface area contributed by atoms with E-state index >= 15 is 0 Å². The lowest BCUT2D eigenvalue weighted by molar-refractivity contribution is -0.0709. The molecule has 1 saturated heterocycles. The van der Waals surface area contributed by atoms with E-state index in [2.05, 4.69) is 30.2 Å². The van der Waals surface area contributed by atoms with Gasteiger partial charge in [-0.05, 0) is 31.1 Å². The van der Waals surface area contributed by atoms with Crippen LogP contribution in [0.25, 0.3) is 5.82 Å². The molecule has 0 radical (unpaired) electrons. The highest BCUT2D eigenvalue weighted by molar-refractivity contribution is 5.88. The Morgan fingerprint density at radius 1 is 1.32 bits per heavy atom. The van der Waals surface area contributed by atoms with Crippen LogP contribution in [0.2, 0.25) is 0 Å². The summed E-state index contributed by atoms with van der Waals surface area (Å²) in [5, 5.41) is 15.2. The highest BCUT2D eigenvalue weighted by atomic mass is 16.6. The van der Waals surface area contributed by atoms with Crippen LogP contribution in [0.4, 0.5) is 5.82 Å². The van der Waals surface area contributed by atoms with Crippen molar-refractivity contribution in [3.63, 3.8) is 0 Å². The molecule has 3 rings (SSSR count). The fraction of sp³-hybridized carbons (Fsp3) is 0.643. The summed E-state index contributed by atoms with van der Waals surface area (Å²) in [7, 11) is 0. The predicted octanol–water partition coefficient (Wildman–Crippen LogP) is 0.0184. The summed E-state index contributed by atoms with van der Waals surface area (Å²) < 4.78 is 16.8. The number of aromatic nitrogens is 5. The summed E-state index contributed by atoms with van der Waals surface area (Å²) in [6.07, 6.45) is 0.163. The van der Waals surface area contributed by atoms with E-state index in [-0.39, 0.29) is 36.1 Å². The van der Waals surface area contributed by atoms with Crippen LogP contribution in [0.15, 0.2) is 4.63 Å². The van der Waals surface area contributed by atoms with Gasteiger partial charge in [-0.2, -0.15) is 4.68 Å². The first-order chi connectivity index (χ1) is 12.0. The van der Waals surface area contributed by atoms with Gasteiger partial charge in [0.25, 0.3) is 0 Å². The van der Waals surface area contributed by atoms with Crippen LogP contribution in [0.3, 0.4) is 0 Å². The Kier molecular flexibility index (Phi) is 4.95. The maximum Gasteiger partial charge on any atom is 0.360 e. The van der Waals surface area contributed by atoms with E-state index in [1.165, 1.54) is 4.68 Å². The summed E-state index contributed by atoms with van der Waals surface area (Å²) >= 11 is 0. The van der Waals surface area contributed by atoms with Crippen LogP contribution >= 0.6 is 0 Å². The fourth-order valence-corrected chi connectivity index (χ4v) is 2.93. The number of esters is 1. The van der Waals surface area contributed by atoms with E-state index < -0.39 is 5.97 Å². The zero-order chi connectivity index (χ0) is 18.0. The number of hydrogen-bond acceptors (Lipinski definition) is 10. The van der Waals surface area contributed by atoms with Gasteiger partial charge in [-0.25, -0.2) is 9.42 Å². The molecule has 0 unspecified atom stereocenters. The molecule has 25 heavy (non-hydrogen) atoms. The standard InChI is InChI=1S/C14H21N7O4/c1-4-23-14(22)11-10(7-20-5-8(2)24-9(3)6-20)21(19-16-11)13-12(15)17-25-18-13/h8-9H,4-7H2,1-3H3,(H2,15,17)/t8-,9-/m1/s1. The van der Waals surface area contributed by atoms with E-state index in [0.717, 1.165) is 0 Å². The Bertz CT molecular complexity index is 733. The Hall–Kier alpha value is -2.53. The molecule has 0 spiro atoms. The maximum absolute atomic E-state index is 12.2. The second-order valence-corrected chi connectivity index (χ2v) is 5.94. The molecule has 0 bridgehead atoms. The lowest BCUT2D eigenvalue weighted by Crippen LogP contribution is -2.45. The minimum atomic E-state index is -0.548. The molecule has 0 amide bonds. The maximum atomic E-state index is 12.2. The van der Waals surface area contributed by atoms with Crippen molar-refractivity contribution in [3.8, 4) is 5.82 Å². The van der Waals surface area contributed by atoms with Crippen LogP contribution in [-0.2, 0) is 16.0 Å². The Morgan fingerprint density at radius 3 is 2.64 bits per heavy atom. The number of nitrogen functional groups attached to an aromatic ring is 1. The second-order valence-electron chi connectivity index (χ2n) is 5.94. The topological polar surface area (TPSA) is 134 Å². The number of hydrogen-bond donors (Lipinski definition) is 1. The van der Waals surface area contributed by atoms with Crippen LogP contribution in [0.5, 0.6) is 0 Å². The number of nitrogens with zero attached hydrogens (tertiary/aromatic N) is 6. The minimum absolute atomic E-state index is 0.0604. The molecule has 3 heterocycles. The van der Waals surface area contributed by atoms with Crippen molar-refractivity contribution >= 4 is 11.8 Å². The third-order valence-electron chi connectivity index (χ3n) is 3.80. The van der Waals surface area contributed by atoms with Crippen molar-refractivity contribution in [3.05, 3.63) is 11.4 Å². The number of carbonyl (C=O) groups is 1. The molecule has 0 saturated carbocycles. The minimum Gasteiger partial charge on any atom is -0.461 e.